The minimum Gasteiger partial charge on any atom is -0.277 e. The summed E-state index contributed by atoms with van der Waals surface area (Å²) in [5.41, 5.74) is 0. The van der Waals surface area contributed by atoms with Gasteiger partial charge in [0.25, 0.3) is 0 Å². The minimum atomic E-state index is -0.740. The molecule has 5 heteroatoms. The number of amides is 4. The molecule has 0 aromatic rings. The van der Waals surface area contributed by atoms with Crippen LogP contribution in [-0.2, 0) is 9.59 Å². The summed E-state index contributed by atoms with van der Waals surface area (Å²) in [5, 5.41) is 3.80. The highest BCUT2D eigenvalue weighted by molar-refractivity contribution is 6.14. The monoisotopic (exact) mass is 160 g/mol. The van der Waals surface area contributed by atoms with E-state index in [1.165, 1.54) is 0 Å². The highest BCUT2D eigenvalue weighted by atomic mass is 16.2. The Hall–Kier alpha value is -1.39. The lowest BCUT2D eigenvalue weighted by Crippen LogP contribution is -2.49. The number of urea groups is 1. The van der Waals surface area contributed by atoms with Crippen LogP contribution in [0, 0.1) is 0 Å². The van der Waals surface area contributed by atoms with Gasteiger partial charge in [-0.15, -0.1) is 0 Å². The number of rotatable bonds is 0. The lowest BCUT2D eigenvalue weighted by Gasteiger charge is -2.09. The first kappa shape index (κ1) is 12.3. The highest BCUT2D eigenvalue weighted by Gasteiger charge is 2.20. The predicted molar refractivity (Wildman–Crippen MR) is 39.8 cm³/mol. The third-order valence-corrected chi connectivity index (χ3v) is 0.827. The van der Waals surface area contributed by atoms with Gasteiger partial charge in [0.1, 0.15) is 6.42 Å². The molecule has 1 rings (SSSR count). The quantitative estimate of drug-likeness (QED) is 0.490. The predicted octanol–water partition coefficient (Wildman–Crippen LogP) is 0.0147. The fourth-order valence-electron chi connectivity index (χ4n) is 0.519. The molecule has 0 aromatic heterocycles. The van der Waals surface area contributed by atoms with Crippen LogP contribution in [0.4, 0.5) is 4.79 Å². The zero-order valence-corrected chi connectivity index (χ0v) is 4.43. The molecule has 2 N–H and O–H groups in total. The van der Waals surface area contributed by atoms with Crippen molar-refractivity contribution in [3.8, 4) is 0 Å². The smallest absolute Gasteiger partial charge is 0.277 e. The van der Waals surface area contributed by atoms with E-state index in [9.17, 15) is 14.4 Å². The van der Waals surface area contributed by atoms with Crippen molar-refractivity contribution >= 4 is 17.8 Å². The largest absolute Gasteiger partial charge is 0.328 e. The van der Waals surface area contributed by atoms with E-state index in [2.05, 4.69) is 0 Å². The Morgan fingerprint density at radius 3 is 1.55 bits per heavy atom. The van der Waals surface area contributed by atoms with Crippen molar-refractivity contribution in [3.05, 3.63) is 0 Å². The van der Waals surface area contributed by atoms with E-state index < -0.39 is 17.8 Å². The SMILES string of the molecule is C.C.O=C1CC(=O)NC(=O)N1. The third-order valence-electron chi connectivity index (χ3n) is 0.827. The Bertz CT molecular complexity index is 143. The van der Waals surface area contributed by atoms with E-state index in [4.69, 9.17) is 0 Å². The van der Waals surface area contributed by atoms with Crippen molar-refractivity contribution < 1.29 is 14.4 Å². The van der Waals surface area contributed by atoms with Gasteiger partial charge in [0.2, 0.25) is 11.8 Å². The van der Waals surface area contributed by atoms with Gasteiger partial charge in [0.05, 0.1) is 0 Å². The lowest BCUT2D eigenvalue weighted by atomic mass is 10.3. The number of carbonyl (C=O) groups excluding carboxylic acids is 3. The van der Waals surface area contributed by atoms with Crippen molar-refractivity contribution in [2.45, 2.75) is 21.3 Å². The molecule has 64 valence electrons. The first-order valence-electron chi connectivity index (χ1n) is 2.32. The molecule has 1 saturated heterocycles. The average Bonchev–Trinajstić information content (AvgIpc) is 1.59. The average molecular weight is 160 g/mol. The van der Waals surface area contributed by atoms with Gasteiger partial charge in [-0.25, -0.2) is 4.79 Å². The van der Waals surface area contributed by atoms with E-state index in [-0.39, 0.29) is 21.3 Å². The minimum absolute atomic E-state index is 0. The number of nitrogens with one attached hydrogen (secondary N) is 2. The van der Waals surface area contributed by atoms with E-state index in [0.29, 0.717) is 0 Å². The van der Waals surface area contributed by atoms with Crippen molar-refractivity contribution in [1.82, 2.24) is 10.6 Å². The topological polar surface area (TPSA) is 75.3 Å². The number of imide groups is 2. The maximum atomic E-state index is 10.3. The molecule has 0 radical (unpaired) electrons. The molecule has 5 nitrogen and oxygen atoms in total. The first-order chi connectivity index (χ1) is 4.18. The van der Waals surface area contributed by atoms with Gasteiger partial charge in [0.15, 0.2) is 0 Å². The van der Waals surface area contributed by atoms with Gasteiger partial charge in [0, 0.05) is 0 Å². The molecule has 0 atom stereocenters. The molecule has 0 spiro atoms. The Balaban J connectivity index is 0. The summed E-state index contributed by atoms with van der Waals surface area (Å²) >= 11 is 0. The first-order valence-corrected chi connectivity index (χ1v) is 2.32. The van der Waals surface area contributed by atoms with Crippen LogP contribution in [0.15, 0.2) is 0 Å². The summed E-state index contributed by atoms with van der Waals surface area (Å²) in [6, 6.07) is -0.740. The van der Waals surface area contributed by atoms with Crippen LogP contribution in [0.25, 0.3) is 0 Å². The maximum absolute atomic E-state index is 10.3. The van der Waals surface area contributed by atoms with Crippen LogP contribution in [0.2, 0.25) is 0 Å². The van der Waals surface area contributed by atoms with Crippen molar-refractivity contribution in [2.75, 3.05) is 0 Å². The van der Waals surface area contributed by atoms with E-state index >= 15 is 0 Å². The molecule has 4 amide bonds. The van der Waals surface area contributed by atoms with Gasteiger partial charge in [-0.05, 0) is 0 Å². The Kier molecular flexibility index (Phi) is 4.95. The summed E-state index contributed by atoms with van der Waals surface area (Å²) in [4.78, 5) is 30.8. The molecule has 0 aromatic carbocycles. The third kappa shape index (κ3) is 3.34. The van der Waals surface area contributed by atoms with Gasteiger partial charge in [-0.3, -0.25) is 20.2 Å². The molecular formula is C6H12N2O3. The Labute approximate surface area is 65.2 Å². The number of hydrogen-bond acceptors (Lipinski definition) is 3. The van der Waals surface area contributed by atoms with Crippen LogP contribution >= 0.6 is 0 Å². The van der Waals surface area contributed by atoms with Gasteiger partial charge < -0.3 is 0 Å². The summed E-state index contributed by atoms with van der Waals surface area (Å²) in [6.07, 6.45) is -0.258. The van der Waals surface area contributed by atoms with Crippen LogP contribution in [0.5, 0.6) is 0 Å². The number of carbonyl (C=O) groups is 3. The summed E-state index contributed by atoms with van der Waals surface area (Å²) in [5.74, 6) is -1.10. The van der Waals surface area contributed by atoms with Gasteiger partial charge in [-0.2, -0.15) is 0 Å². The maximum Gasteiger partial charge on any atom is 0.328 e. The summed E-state index contributed by atoms with van der Waals surface area (Å²) in [7, 11) is 0. The second kappa shape index (κ2) is 4.43. The number of barbiturate groups is 1. The van der Waals surface area contributed by atoms with E-state index in [1.807, 2.05) is 10.6 Å². The normalized spacial score (nSPS) is 15.5. The molecule has 0 aliphatic carbocycles. The van der Waals surface area contributed by atoms with Crippen molar-refractivity contribution in [2.24, 2.45) is 0 Å². The fourth-order valence-corrected chi connectivity index (χ4v) is 0.519. The van der Waals surface area contributed by atoms with Crippen LogP contribution in [-0.4, -0.2) is 17.8 Å². The zero-order chi connectivity index (χ0) is 6.85. The Morgan fingerprint density at radius 2 is 1.27 bits per heavy atom. The molecule has 0 unspecified atom stereocenters. The van der Waals surface area contributed by atoms with Crippen molar-refractivity contribution in [3.63, 3.8) is 0 Å². The van der Waals surface area contributed by atoms with Crippen LogP contribution < -0.4 is 10.6 Å². The van der Waals surface area contributed by atoms with Crippen molar-refractivity contribution in [1.29, 1.82) is 0 Å². The molecular weight excluding hydrogens is 148 g/mol. The molecule has 11 heavy (non-hydrogen) atoms. The standard InChI is InChI=1S/C4H4N2O3.2CH4/c7-2-1-3(8)6-4(9)5-2;;/h1H2,(H2,5,6,7,8,9);2*1H4. The molecule has 1 heterocycles. The van der Waals surface area contributed by atoms with Crippen LogP contribution in [0.3, 0.4) is 0 Å². The summed E-state index contributed by atoms with van der Waals surface area (Å²) in [6.45, 7) is 0. The molecule has 1 fully saturated rings. The second-order valence-electron chi connectivity index (χ2n) is 1.60. The van der Waals surface area contributed by atoms with Gasteiger partial charge >= 0.3 is 6.03 Å². The van der Waals surface area contributed by atoms with E-state index in [1.54, 1.807) is 0 Å². The number of hydrogen-bond donors (Lipinski definition) is 2. The van der Waals surface area contributed by atoms with Crippen LogP contribution in [0.1, 0.15) is 21.3 Å². The highest BCUT2D eigenvalue weighted by Crippen LogP contribution is 1.85. The lowest BCUT2D eigenvalue weighted by molar-refractivity contribution is -0.129. The molecule has 0 bridgehead atoms. The second-order valence-corrected chi connectivity index (χ2v) is 1.60. The molecule has 1 aliphatic heterocycles. The molecule has 1 aliphatic rings. The molecule has 0 saturated carbocycles. The zero-order valence-electron chi connectivity index (χ0n) is 4.43. The summed E-state index contributed by atoms with van der Waals surface area (Å²) < 4.78 is 0. The van der Waals surface area contributed by atoms with Gasteiger partial charge in [-0.1, -0.05) is 14.9 Å². The fraction of sp³-hybridized carbons (Fsp3) is 0.500. The Morgan fingerprint density at radius 1 is 0.909 bits per heavy atom. The van der Waals surface area contributed by atoms with E-state index in [0.717, 1.165) is 0 Å².